The maximum Gasteiger partial charge on any atom is 0.150 e. The number of aryl methyl sites for hydroxylation is 1. The first-order chi connectivity index (χ1) is 10.7. The molecule has 0 unspecified atom stereocenters. The summed E-state index contributed by atoms with van der Waals surface area (Å²) < 4.78 is 11.0. The van der Waals surface area contributed by atoms with E-state index in [9.17, 15) is 5.11 Å². The second kappa shape index (κ2) is 6.50. The van der Waals surface area contributed by atoms with E-state index in [-0.39, 0.29) is 0 Å². The largest absolute Gasteiger partial charge is 0.491 e. The molecule has 0 saturated carbocycles. The van der Waals surface area contributed by atoms with Crippen LogP contribution in [0.25, 0.3) is 0 Å². The molecule has 5 heteroatoms. The zero-order chi connectivity index (χ0) is 15.4. The minimum Gasteiger partial charge on any atom is -0.491 e. The summed E-state index contributed by atoms with van der Waals surface area (Å²) in [5, 5.41) is 14.6. The highest BCUT2D eigenvalue weighted by Gasteiger charge is 2.37. The Bertz CT molecular complexity index is 599. The third-order valence-corrected chi connectivity index (χ3v) is 4.01. The van der Waals surface area contributed by atoms with E-state index in [0.29, 0.717) is 26.1 Å². The fourth-order valence-corrected chi connectivity index (χ4v) is 2.75. The van der Waals surface area contributed by atoms with Crippen LogP contribution in [0.4, 0.5) is 0 Å². The molecule has 0 spiro atoms. The summed E-state index contributed by atoms with van der Waals surface area (Å²) in [4.78, 5) is 2.17. The Morgan fingerprint density at radius 3 is 2.91 bits per heavy atom. The third kappa shape index (κ3) is 3.67. The van der Waals surface area contributed by atoms with Gasteiger partial charge in [0.25, 0.3) is 0 Å². The highest BCUT2D eigenvalue weighted by molar-refractivity contribution is 5.21. The van der Waals surface area contributed by atoms with E-state index in [4.69, 9.17) is 9.26 Å². The van der Waals surface area contributed by atoms with Crippen molar-refractivity contribution >= 4 is 0 Å². The molecule has 1 atom stereocenters. The van der Waals surface area contributed by atoms with Gasteiger partial charge in [-0.1, -0.05) is 30.3 Å². The molecule has 1 aliphatic rings. The van der Waals surface area contributed by atoms with Crippen LogP contribution in [0, 0.1) is 0 Å². The number of ether oxygens (including phenoxy) is 1. The van der Waals surface area contributed by atoms with Gasteiger partial charge in [0, 0.05) is 19.2 Å². The van der Waals surface area contributed by atoms with Crippen LogP contribution in [0.5, 0.6) is 5.75 Å². The van der Waals surface area contributed by atoms with Gasteiger partial charge >= 0.3 is 0 Å². The first kappa shape index (κ1) is 15.1. The molecule has 3 rings (SSSR count). The zero-order valence-electron chi connectivity index (χ0n) is 12.9. The maximum absolute atomic E-state index is 10.6. The van der Waals surface area contributed by atoms with Crippen molar-refractivity contribution in [1.29, 1.82) is 0 Å². The number of β-amino-alcohol motifs (C(OH)–C–C–N with tert-alkyl or cyclic N) is 1. The van der Waals surface area contributed by atoms with Gasteiger partial charge in [-0.2, -0.15) is 0 Å². The molecule has 0 amide bonds. The molecule has 1 fully saturated rings. The number of hydrogen-bond donors (Lipinski definition) is 1. The molecule has 1 aliphatic heterocycles. The van der Waals surface area contributed by atoms with Gasteiger partial charge in [-0.25, -0.2) is 0 Å². The molecule has 0 radical (unpaired) electrons. The van der Waals surface area contributed by atoms with Crippen molar-refractivity contribution in [3.05, 3.63) is 47.9 Å². The number of hydrogen-bond acceptors (Lipinski definition) is 5. The van der Waals surface area contributed by atoms with Crippen molar-refractivity contribution in [2.45, 2.75) is 31.9 Å². The second-order valence-electron chi connectivity index (χ2n) is 5.92. The van der Waals surface area contributed by atoms with Crippen LogP contribution in [0.1, 0.15) is 24.8 Å². The van der Waals surface area contributed by atoms with Crippen LogP contribution in [-0.4, -0.2) is 40.5 Å². The lowest BCUT2D eigenvalue weighted by molar-refractivity contribution is 0.00286. The van der Waals surface area contributed by atoms with Crippen molar-refractivity contribution in [3.63, 3.8) is 0 Å². The van der Waals surface area contributed by atoms with Gasteiger partial charge in [0.15, 0.2) is 5.76 Å². The van der Waals surface area contributed by atoms with Crippen molar-refractivity contribution < 1.29 is 14.4 Å². The van der Waals surface area contributed by atoms with Crippen LogP contribution in [0.15, 0.2) is 40.9 Å². The fraction of sp³-hybridized carbons (Fsp3) is 0.471. The Morgan fingerprint density at radius 2 is 2.18 bits per heavy atom. The molecule has 0 aliphatic carbocycles. The lowest BCUT2D eigenvalue weighted by Gasteiger charge is -2.23. The van der Waals surface area contributed by atoms with E-state index in [1.54, 1.807) is 0 Å². The normalized spacial score (nSPS) is 22.1. The average Bonchev–Trinajstić information content (AvgIpc) is 3.14. The summed E-state index contributed by atoms with van der Waals surface area (Å²) in [5.74, 6) is 1.64. The van der Waals surface area contributed by atoms with E-state index >= 15 is 0 Å². The Kier molecular flexibility index (Phi) is 4.45. The van der Waals surface area contributed by atoms with Crippen LogP contribution in [0.2, 0.25) is 0 Å². The van der Waals surface area contributed by atoms with E-state index in [2.05, 4.69) is 17.0 Å². The summed E-state index contributed by atoms with van der Waals surface area (Å²) >= 11 is 0. The Morgan fingerprint density at radius 1 is 1.36 bits per heavy atom. The average molecular weight is 302 g/mol. The molecule has 1 saturated heterocycles. The van der Waals surface area contributed by atoms with Gasteiger partial charge in [-0.15, -0.1) is 0 Å². The van der Waals surface area contributed by atoms with E-state index in [1.165, 1.54) is 0 Å². The molecule has 0 bridgehead atoms. The predicted octanol–water partition coefficient (Wildman–Crippen LogP) is 2.25. The number of rotatable bonds is 6. The van der Waals surface area contributed by atoms with E-state index in [0.717, 1.165) is 30.2 Å². The minimum absolute atomic E-state index is 0.310. The highest BCUT2D eigenvalue weighted by Crippen LogP contribution is 2.24. The molecule has 1 aromatic carbocycles. The molecule has 1 aromatic heterocycles. The minimum atomic E-state index is -0.802. The van der Waals surface area contributed by atoms with Gasteiger partial charge < -0.3 is 14.4 Å². The SMILES string of the molecule is CCc1cc(CN2CC[C@@](O)(COc3ccccc3)C2)on1. The van der Waals surface area contributed by atoms with E-state index in [1.807, 2.05) is 36.4 Å². The molecule has 22 heavy (non-hydrogen) atoms. The summed E-state index contributed by atoms with van der Waals surface area (Å²) in [6, 6.07) is 11.6. The summed E-state index contributed by atoms with van der Waals surface area (Å²) in [6.07, 6.45) is 1.58. The first-order valence-electron chi connectivity index (χ1n) is 7.74. The molecular weight excluding hydrogens is 280 g/mol. The number of likely N-dealkylation sites (tertiary alicyclic amines) is 1. The Hall–Kier alpha value is -1.85. The highest BCUT2D eigenvalue weighted by atomic mass is 16.5. The maximum atomic E-state index is 10.6. The molecule has 2 heterocycles. The van der Waals surface area contributed by atoms with Crippen molar-refractivity contribution in [3.8, 4) is 5.75 Å². The Balaban J connectivity index is 1.52. The number of aromatic nitrogens is 1. The predicted molar refractivity (Wildman–Crippen MR) is 82.7 cm³/mol. The molecular formula is C17H22N2O3. The number of nitrogens with zero attached hydrogens (tertiary/aromatic N) is 2. The lowest BCUT2D eigenvalue weighted by atomic mass is 10.1. The monoisotopic (exact) mass is 302 g/mol. The Labute approximate surface area is 130 Å². The summed E-state index contributed by atoms with van der Waals surface area (Å²) in [5.41, 5.74) is 0.167. The van der Waals surface area contributed by atoms with Crippen molar-refractivity contribution in [1.82, 2.24) is 10.1 Å². The van der Waals surface area contributed by atoms with Crippen molar-refractivity contribution in [2.24, 2.45) is 0 Å². The van der Waals surface area contributed by atoms with E-state index < -0.39 is 5.60 Å². The standard InChI is InChI=1S/C17H22N2O3/c1-2-14-10-16(22-18-14)11-19-9-8-17(20,12-19)13-21-15-6-4-3-5-7-15/h3-7,10,20H,2,8-9,11-13H2,1H3/t17-/m0/s1. The third-order valence-electron chi connectivity index (χ3n) is 4.01. The van der Waals surface area contributed by atoms with Crippen LogP contribution in [0.3, 0.4) is 0 Å². The zero-order valence-corrected chi connectivity index (χ0v) is 12.9. The smallest absolute Gasteiger partial charge is 0.150 e. The lowest BCUT2D eigenvalue weighted by Crippen LogP contribution is -2.39. The van der Waals surface area contributed by atoms with Crippen LogP contribution < -0.4 is 4.74 Å². The summed E-state index contributed by atoms with van der Waals surface area (Å²) in [6.45, 7) is 4.46. The van der Waals surface area contributed by atoms with Gasteiger partial charge in [-0.3, -0.25) is 4.90 Å². The van der Waals surface area contributed by atoms with Gasteiger partial charge in [0.1, 0.15) is 18.0 Å². The molecule has 2 aromatic rings. The van der Waals surface area contributed by atoms with Crippen LogP contribution >= 0.6 is 0 Å². The van der Waals surface area contributed by atoms with Gasteiger partial charge in [0.05, 0.1) is 12.2 Å². The number of aliphatic hydroxyl groups is 1. The molecule has 5 nitrogen and oxygen atoms in total. The quantitative estimate of drug-likeness (QED) is 0.887. The second-order valence-corrected chi connectivity index (χ2v) is 5.92. The van der Waals surface area contributed by atoms with Gasteiger partial charge in [-0.05, 0) is 25.0 Å². The fourth-order valence-electron chi connectivity index (χ4n) is 2.75. The first-order valence-corrected chi connectivity index (χ1v) is 7.74. The van der Waals surface area contributed by atoms with Crippen LogP contribution in [-0.2, 0) is 13.0 Å². The number of benzene rings is 1. The van der Waals surface area contributed by atoms with Gasteiger partial charge in [0.2, 0.25) is 0 Å². The molecule has 1 N–H and O–H groups in total. The molecule has 118 valence electrons. The summed E-state index contributed by atoms with van der Waals surface area (Å²) in [7, 11) is 0. The topological polar surface area (TPSA) is 58.7 Å². The number of para-hydroxylation sites is 1. The van der Waals surface area contributed by atoms with Crippen molar-refractivity contribution in [2.75, 3.05) is 19.7 Å².